The first-order valence-corrected chi connectivity index (χ1v) is 10.8. The molecule has 1 heterocycles. The van der Waals surface area contributed by atoms with E-state index in [9.17, 15) is 9.59 Å². The molecule has 0 unspecified atom stereocenters. The lowest BCUT2D eigenvalue weighted by Gasteiger charge is -2.06. The number of anilines is 4. The summed E-state index contributed by atoms with van der Waals surface area (Å²) in [6.07, 6.45) is 0.967. The van der Waals surface area contributed by atoms with Crippen molar-refractivity contribution in [3.63, 3.8) is 0 Å². The summed E-state index contributed by atoms with van der Waals surface area (Å²) in [6.45, 7) is 3.56. The van der Waals surface area contributed by atoms with E-state index in [1.807, 2.05) is 48.5 Å². The lowest BCUT2D eigenvalue weighted by atomic mass is 10.1. The van der Waals surface area contributed by atoms with Gasteiger partial charge in [-0.15, -0.1) is 10.2 Å². The summed E-state index contributed by atoms with van der Waals surface area (Å²) < 4.78 is 0.696. The summed E-state index contributed by atoms with van der Waals surface area (Å²) >= 11 is 2.70. The molecule has 0 spiro atoms. The first kappa shape index (κ1) is 20.8. The maximum Gasteiger partial charge on any atom is 0.234 e. The lowest BCUT2D eigenvalue weighted by molar-refractivity contribution is -0.114. The maximum atomic E-state index is 12.1. The number of benzene rings is 2. The molecular formula is C20H21N5O2S2. The van der Waals surface area contributed by atoms with Gasteiger partial charge in [0, 0.05) is 24.0 Å². The minimum absolute atomic E-state index is 0.0908. The average molecular weight is 428 g/mol. The van der Waals surface area contributed by atoms with Gasteiger partial charge in [-0.05, 0) is 42.3 Å². The molecule has 3 aromatic rings. The average Bonchev–Trinajstić information content (AvgIpc) is 3.14. The van der Waals surface area contributed by atoms with Gasteiger partial charge in [0.1, 0.15) is 0 Å². The first-order chi connectivity index (χ1) is 14.0. The fraction of sp³-hybridized carbons (Fsp3) is 0.200. The zero-order valence-corrected chi connectivity index (χ0v) is 17.7. The molecule has 7 nitrogen and oxygen atoms in total. The Hall–Kier alpha value is -2.91. The van der Waals surface area contributed by atoms with Crippen LogP contribution in [0.15, 0.2) is 52.9 Å². The highest BCUT2D eigenvalue weighted by Crippen LogP contribution is 2.28. The fourth-order valence-corrected chi connectivity index (χ4v) is 4.04. The van der Waals surface area contributed by atoms with E-state index in [1.165, 1.54) is 35.6 Å². The highest BCUT2D eigenvalue weighted by molar-refractivity contribution is 8.01. The summed E-state index contributed by atoms with van der Waals surface area (Å²) in [6, 6.07) is 15.2. The molecule has 2 aromatic carbocycles. The molecule has 3 rings (SSSR count). The van der Waals surface area contributed by atoms with Gasteiger partial charge in [0.2, 0.25) is 16.9 Å². The molecule has 2 amide bonds. The van der Waals surface area contributed by atoms with Gasteiger partial charge in [0.05, 0.1) is 5.75 Å². The van der Waals surface area contributed by atoms with Gasteiger partial charge < -0.3 is 16.0 Å². The van der Waals surface area contributed by atoms with Crippen molar-refractivity contribution in [3.8, 4) is 0 Å². The number of carbonyl (C=O) groups is 2. The van der Waals surface area contributed by atoms with E-state index in [2.05, 4.69) is 33.1 Å². The minimum atomic E-state index is -0.128. The van der Waals surface area contributed by atoms with Gasteiger partial charge in [0.15, 0.2) is 4.34 Å². The molecule has 0 saturated heterocycles. The number of aromatic nitrogens is 2. The van der Waals surface area contributed by atoms with Crippen LogP contribution in [0, 0.1) is 0 Å². The predicted molar refractivity (Wildman–Crippen MR) is 119 cm³/mol. The molecule has 9 heteroatoms. The number of amides is 2. The van der Waals surface area contributed by atoms with E-state index < -0.39 is 0 Å². The van der Waals surface area contributed by atoms with E-state index in [0.29, 0.717) is 15.2 Å². The van der Waals surface area contributed by atoms with Crippen molar-refractivity contribution < 1.29 is 9.59 Å². The topological polar surface area (TPSA) is 96.0 Å². The van der Waals surface area contributed by atoms with Crippen LogP contribution in [0.2, 0.25) is 0 Å². The predicted octanol–water partition coefficient (Wildman–Crippen LogP) is 4.53. The standard InChI is InChI=1S/C20H21N5O2S2/c1-3-14-7-9-15(10-8-14)22-18(27)12-28-20-25-24-19(29-20)23-17-6-4-5-16(11-17)21-13(2)26/h4-11H,3,12H2,1-2H3,(H,21,26)(H,22,27)(H,23,24). The Morgan fingerprint density at radius 3 is 2.48 bits per heavy atom. The van der Waals surface area contributed by atoms with Crippen LogP contribution in [0.5, 0.6) is 0 Å². The number of hydrogen-bond donors (Lipinski definition) is 3. The van der Waals surface area contributed by atoms with Gasteiger partial charge >= 0.3 is 0 Å². The number of carbonyl (C=O) groups excluding carboxylic acids is 2. The Morgan fingerprint density at radius 2 is 1.76 bits per heavy atom. The molecule has 0 saturated carbocycles. The van der Waals surface area contributed by atoms with Gasteiger partial charge in [-0.25, -0.2) is 0 Å². The van der Waals surface area contributed by atoms with Crippen LogP contribution in [-0.4, -0.2) is 27.8 Å². The van der Waals surface area contributed by atoms with E-state index >= 15 is 0 Å². The maximum absolute atomic E-state index is 12.1. The Balaban J connectivity index is 1.51. The Bertz CT molecular complexity index is 989. The quantitative estimate of drug-likeness (QED) is 0.457. The second-order valence-electron chi connectivity index (χ2n) is 6.15. The van der Waals surface area contributed by atoms with Crippen LogP contribution in [0.4, 0.5) is 22.2 Å². The first-order valence-electron chi connectivity index (χ1n) is 9.01. The number of aryl methyl sites for hydroxylation is 1. The number of nitrogens with zero attached hydrogens (tertiary/aromatic N) is 2. The third-order valence-corrected chi connectivity index (χ3v) is 5.79. The molecule has 0 fully saturated rings. The van der Waals surface area contributed by atoms with Crippen LogP contribution in [0.1, 0.15) is 19.4 Å². The van der Waals surface area contributed by atoms with Gasteiger partial charge in [0.25, 0.3) is 0 Å². The monoisotopic (exact) mass is 427 g/mol. The van der Waals surface area contributed by atoms with Crippen molar-refractivity contribution in [2.24, 2.45) is 0 Å². The highest BCUT2D eigenvalue weighted by Gasteiger charge is 2.09. The van der Waals surface area contributed by atoms with Crippen LogP contribution in [0.25, 0.3) is 0 Å². The number of thioether (sulfide) groups is 1. The molecule has 0 radical (unpaired) electrons. The summed E-state index contributed by atoms with van der Waals surface area (Å²) in [5.41, 5.74) is 3.50. The van der Waals surface area contributed by atoms with Crippen LogP contribution in [-0.2, 0) is 16.0 Å². The molecule has 0 aliphatic carbocycles. The molecule has 1 aromatic heterocycles. The van der Waals surface area contributed by atoms with Crippen molar-refractivity contribution in [1.82, 2.24) is 10.2 Å². The van der Waals surface area contributed by atoms with E-state index in [1.54, 1.807) is 0 Å². The van der Waals surface area contributed by atoms with Crippen LogP contribution < -0.4 is 16.0 Å². The molecule has 29 heavy (non-hydrogen) atoms. The minimum Gasteiger partial charge on any atom is -0.330 e. The normalized spacial score (nSPS) is 10.4. The zero-order chi connectivity index (χ0) is 20.6. The number of hydrogen-bond acceptors (Lipinski definition) is 7. The Kier molecular flexibility index (Phi) is 7.20. The summed E-state index contributed by atoms with van der Waals surface area (Å²) in [5, 5.41) is 17.6. The van der Waals surface area contributed by atoms with Gasteiger partial charge in [-0.2, -0.15) is 0 Å². The Labute approximate surface area is 177 Å². The number of nitrogens with one attached hydrogen (secondary N) is 3. The van der Waals surface area contributed by atoms with E-state index in [0.717, 1.165) is 17.8 Å². The second-order valence-corrected chi connectivity index (χ2v) is 8.35. The molecule has 0 bridgehead atoms. The van der Waals surface area contributed by atoms with Gasteiger partial charge in [-0.1, -0.05) is 48.2 Å². The molecule has 0 aliphatic rings. The molecule has 0 aliphatic heterocycles. The molecule has 3 N–H and O–H groups in total. The molecular weight excluding hydrogens is 406 g/mol. The zero-order valence-electron chi connectivity index (χ0n) is 16.1. The van der Waals surface area contributed by atoms with Crippen molar-refractivity contribution in [2.45, 2.75) is 24.6 Å². The Morgan fingerprint density at radius 1 is 1.00 bits per heavy atom. The van der Waals surface area contributed by atoms with Crippen molar-refractivity contribution in [3.05, 3.63) is 54.1 Å². The van der Waals surface area contributed by atoms with Crippen molar-refractivity contribution >= 4 is 57.1 Å². The van der Waals surface area contributed by atoms with E-state index in [4.69, 9.17) is 0 Å². The SMILES string of the molecule is CCc1ccc(NC(=O)CSc2nnc(Nc3cccc(NC(C)=O)c3)s2)cc1. The second kappa shape index (κ2) is 10.0. The summed E-state index contributed by atoms with van der Waals surface area (Å²) in [7, 11) is 0. The third-order valence-electron chi connectivity index (χ3n) is 3.81. The van der Waals surface area contributed by atoms with Crippen LogP contribution in [0.3, 0.4) is 0 Å². The number of rotatable bonds is 8. The smallest absolute Gasteiger partial charge is 0.234 e. The molecule has 150 valence electrons. The lowest BCUT2D eigenvalue weighted by Crippen LogP contribution is -2.13. The summed E-state index contributed by atoms with van der Waals surface area (Å²) in [4.78, 5) is 23.3. The molecule has 0 atom stereocenters. The largest absolute Gasteiger partial charge is 0.330 e. The van der Waals surface area contributed by atoms with Crippen molar-refractivity contribution in [2.75, 3.05) is 21.7 Å². The summed E-state index contributed by atoms with van der Waals surface area (Å²) in [5.74, 6) is 0.0330. The van der Waals surface area contributed by atoms with Crippen molar-refractivity contribution in [1.29, 1.82) is 0 Å². The van der Waals surface area contributed by atoms with E-state index in [-0.39, 0.29) is 17.6 Å². The highest BCUT2D eigenvalue weighted by atomic mass is 32.2. The van der Waals surface area contributed by atoms with Crippen LogP contribution >= 0.6 is 23.1 Å². The fourth-order valence-electron chi connectivity index (χ4n) is 2.47. The van der Waals surface area contributed by atoms with Gasteiger partial charge in [-0.3, -0.25) is 9.59 Å². The third kappa shape index (κ3) is 6.58.